The SMILES string of the molecule is CCOC(=O)C(c1cc(OC)ccc1OC)C1C=CC(NC(=O)c2ccccc2OC)C1. The minimum absolute atomic E-state index is 0.182. The maximum atomic E-state index is 13.0. The Morgan fingerprint density at radius 1 is 1.00 bits per heavy atom. The fraction of sp³-hybridized carbons (Fsp3) is 0.360. The zero-order valence-electron chi connectivity index (χ0n) is 18.8. The van der Waals surface area contributed by atoms with Crippen LogP contribution in [0.5, 0.6) is 17.2 Å². The van der Waals surface area contributed by atoms with E-state index in [9.17, 15) is 9.59 Å². The molecule has 0 bridgehead atoms. The van der Waals surface area contributed by atoms with Gasteiger partial charge in [-0.15, -0.1) is 0 Å². The van der Waals surface area contributed by atoms with Crippen molar-refractivity contribution in [1.82, 2.24) is 5.32 Å². The molecule has 3 unspecified atom stereocenters. The molecule has 0 aromatic heterocycles. The molecule has 0 aliphatic heterocycles. The van der Waals surface area contributed by atoms with Gasteiger partial charge < -0.3 is 24.3 Å². The number of carbonyl (C=O) groups excluding carboxylic acids is 2. The van der Waals surface area contributed by atoms with E-state index in [1.54, 1.807) is 57.5 Å². The van der Waals surface area contributed by atoms with Crippen LogP contribution < -0.4 is 19.5 Å². The van der Waals surface area contributed by atoms with Crippen LogP contribution in [0.25, 0.3) is 0 Å². The lowest BCUT2D eigenvalue weighted by atomic mass is 9.84. The summed E-state index contributed by atoms with van der Waals surface area (Å²) < 4.78 is 21.5. The Morgan fingerprint density at radius 3 is 2.44 bits per heavy atom. The molecule has 1 aliphatic carbocycles. The van der Waals surface area contributed by atoms with Crippen LogP contribution in [0, 0.1) is 5.92 Å². The smallest absolute Gasteiger partial charge is 0.314 e. The van der Waals surface area contributed by atoms with Crippen molar-refractivity contribution in [3.8, 4) is 17.2 Å². The van der Waals surface area contributed by atoms with E-state index in [1.165, 1.54) is 7.11 Å². The largest absolute Gasteiger partial charge is 0.497 e. The summed E-state index contributed by atoms with van der Waals surface area (Å²) in [5.41, 5.74) is 1.15. The van der Waals surface area contributed by atoms with E-state index in [-0.39, 0.29) is 30.4 Å². The molecule has 170 valence electrons. The van der Waals surface area contributed by atoms with Crippen LogP contribution in [0.4, 0.5) is 0 Å². The minimum Gasteiger partial charge on any atom is -0.497 e. The highest BCUT2D eigenvalue weighted by Gasteiger charge is 2.36. The Labute approximate surface area is 188 Å². The van der Waals surface area contributed by atoms with Gasteiger partial charge in [-0.25, -0.2) is 0 Å². The molecule has 0 saturated carbocycles. The van der Waals surface area contributed by atoms with E-state index in [2.05, 4.69) is 5.32 Å². The van der Waals surface area contributed by atoms with Crippen molar-refractivity contribution in [2.45, 2.75) is 25.3 Å². The van der Waals surface area contributed by atoms with Crippen LogP contribution >= 0.6 is 0 Å². The summed E-state index contributed by atoms with van der Waals surface area (Å²) >= 11 is 0. The molecule has 0 fully saturated rings. The first-order chi connectivity index (χ1) is 15.5. The third-order valence-corrected chi connectivity index (χ3v) is 5.53. The molecule has 0 radical (unpaired) electrons. The molecule has 1 aliphatic rings. The van der Waals surface area contributed by atoms with Crippen LogP contribution in [-0.4, -0.2) is 45.9 Å². The number of para-hydroxylation sites is 1. The third kappa shape index (κ3) is 5.04. The quantitative estimate of drug-likeness (QED) is 0.474. The van der Waals surface area contributed by atoms with Crippen molar-refractivity contribution < 1.29 is 28.5 Å². The normalized spacial score (nSPS) is 18.0. The summed E-state index contributed by atoms with van der Waals surface area (Å²) in [6.45, 7) is 2.05. The highest BCUT2D eigenvalue weighted by atomic mass is 16.5. The van der Waals surface area contributed by atoms with Crippen LogP contribution in [0.2, 0.25) is 0 Å². The number of allylic oxidation sites excluding steroid dienone is 1. The van der Waals surface area contributed by atoms with Gasteiger partial charge in [0.15, 0.2) is 0 Å². The monoisotopic (exact) mass is 439 g/mol. The topological polar surface area (TPSA) is 83.1 Å². The zero-order chi connectivity index (χ0) is 23.1. The number of carbonyl (C=O) groups is 2. The molecule has 0 spiro atoms. The molecular weight excluding hydrogens is 410 g/mol. The lowest BCUT2D eigenvalue weighted by Gasteiger charge is -2.24. The lowest BCUT2D eigenvalue weighted by Crippen LogP contribution is -2.34. The van der Waals surface area contributed by atoms with Gasteiger partial charge in [0.1, 0.15) is 17.2 Å². The molecular formula is C25H29NO6. The molecule has 3 rings (SSSR count). The minimum atomic E-state index is -0.593. The molecule has 0 heterocycles. The maximum Gasteiger partial charge on any atom is 0.314 e. The van der Waals surface area contributed by atoms with E-state index in [4.69, 9.17) is 18.9 Å². The number of ether oxygens (including phenoxy) is 4. The van der Waals surface area contributed by atoms with Gasteiger partial charge in [0, 0.05) is 11.6 Å². The van der Waals surface area contributed by atoms with Crippen molar-refractivity contribution in [1.29, 1.82) is 0 Å². The molecule has 2 aromatic carbocycles. The van der Waals surface area contributed by atoms with Crippen LogP contribution in [0.1, 0.15) is 35.2 Å². The molecule has 1 N–H and O–H groups in total. The van der Waals surface area contributed by atoms with Gasteiger partial charge in [-0.05, 0) is 49.6 Å². The van der Waals surface area contributed by atoms with Crippen molar-refractivity contribution in [3.63, 3.8) is 0 Å². The Bertz CT molecular complexity index is 986. The number of hydrogen-bond donors (Lipinski definition) is 1. The first-order valence-electron chi connectivity index (χ1n) is 10.5. The van der Waals surface area contributed by atoms with Crippen molar-refractivity contribution in [2.24, 2.45) is 5.92 Å². The third-order valence-electron chi connectivity index (χ3n) is 5.53. The van der Waals surface area contributed by atoms with Crippen LogP contribution in [0.15, 0.2) is 54.6 Å². The number of rotatable bonds is 9. The highest BCUT2D eigenvalue weighted by molar-refractivity contribution is 5.97. The molecule has 7 nitrogen and oxygen atoms in total. The van der Waals surface area contributed by atoms with Gasteiger partial charge in [0.25, 0.3) is 5.91 Å². The summed E-state index contributed by atoms with van der Waals surface area (Å²) in [6.07, 6.45) is 4.41. The van der Waals surface area contributed by atoms with E-state index >= 15 is 0 Å². The van der Waals surface area contributed by atoms with E-state index in [0.29, 0.717) is 34.8 Å². The Hall–Kier alpha value is -3.48. The van der Waals surface area contributed by atoms with Crippen LogP contribution in [-0.2, 0) is 9.53 Å². The highest BCUT2D eigenvalue weighted by Crippen LogP contribution is 2.40. The second-order valence-electron chi connectivity index (χ2n) is 7.40. The predicted octanol–water partition coefficient (Wildman–Crippen LogP) is 3.73. The van der Waals surface area contributed by atoms with Crippen molar-refractivity contribution in [3.05, 3.63) is 65.7 Å². The Morgan fingerprint density at radius 2 is 1.75 bits per heavy atom. The number of methoxy groups -OCH3 is 3. The number of amides is 1. The van der Waals surface area contributed by atoms with E-state index < -0.39 is 5.92 Å². The first-order valence-corrected chi connectivity index (χ1v) is 10.5. The average molecular weight is 440 g/mol. The van der Waals surface area contributed by atoms with E-state index in [1.807, 2.05) is 18.2 Å². The summed E-state index contributed by atoms with van der Waals surface area (Å²) in [5.74, 6) is 0.364. The summed E-state index contributed by atoms with van der Waals surface area (Å²) in [6, 6.07) is 12.2. The van der Waals surface area contributed by atoms with Gasteiger partial charge in [-0.3, -0.25) is 9.59 Å². The molecule has 7 heteroatoms. The predicted molar refractivity (Wildman–Crippen MR) is 120 cm³/mol. The molecule has 0 saturated heterocycles. The second-order valence-corrected chi connectivity index (χ2v) is 7.40. The van der Waals surface area contributed by atoms with Gasteiger partial charge in [0.2, 0.25) is 0 Å². The molecule has 1 amide bonds. The van der Waals surface area contributed by atoms with E-state index in [0.717, 1.165) is 0 Å². The van der Waals surface area contributed by atoms with Gasteiger partial charge >= 0.3 is 5.97 Å². The maximum absolute atomic E-state index is 13.0. The van der Waals surface area contributed by atoms with Crippen LogP contribution in [0.3, 0.4) is 0 Å². The number of hydrogen-bond acceptors (Lipinski definition) is 6. The standard InChI is InChI=1S/C25H29NO6/c1-5-32-25(28)23(20-15-18(29-2)12-13-22(20)31-4)16-10-11-17(14-16)26-24(27)19-8-6-7-9-21(19)30-3/h6-13,15-17,23H,5,14H2,1-4H3,(H,26,27). The molecule has 3 atom stereocenters. The van der Waals surface area contributed by atoms with Gasteiger partial charge in [-0.1, -0.05) is 24.3 Å². The molecule has 32 heavy (non-hydrogen) atoms. The fourth-order valence-electron chi connectivity index (χ4n) is 4.01. The fourth-order valence-corrected chi connectivity index (χ4v) is 4.01. The summed E-state index contributed by atoms with van der Waals surface area (Å²) in [7, 11) is 4.67. The Balaban J connectivity index is 1.82. The summed E-state index contributed by atoms with van der Waals surface area (Å²) in [5, 5.41) is 3.01. The van der Waals surface area contributed by atoms with Crippen molar-refractivity contribution >= 4 is 11.9 Å². The first kappa shape index (κ1) is 23.2. The summed E-state index contributed by atoms with van der Waals surface area (Å²) in [4.78, 5) is 25.8. The van der Waals surface area contributed by atoms with Gasteiger partial charge in [0.05, 0.1) is 39.4 Å². The number of esters is 1. The molecule has 2 aromatic rings. The van der Waals surface area contributed by atoms with Gasteiger partial charge in [-0.2, -0.15) is 0 Å². The Kier molecular flexibility index (Phi) is 7.76. The zero-order valence-corrected chi connectivity index (χ0v) is 18.8. The lowest BCUT2D eigenvalue weighted by molar-refractivity contribution is -0.146. The number of nitrogens with one attached hydrogen (secondary N) is 1. The number of benzene rings is 2. The van der Waals surface area contributed by atoms with Crippen molar-refractivity contribution in [2.75, 3.05) is 27.9 Å². The second kappa shape index (κ2) is 10.7. The average Bonchev–Trinajstić information content (AvgIpc) is 3.26.